The van der Waals surface area contributed by atoms with Crippen molar-refractivity contribution in [2.45, 2.75) is 44.9 Å². The summed E-state index contributed by atoms with van der Waals surface area (Å²) in [4.78, 5) is 0.0613. The Balaban J connectivity index is 2.11. The molecule has 0 fully saturated rings. The minimum atomic E-state index is -3.78. The summed E-state index contributed by atoms with van der Waals surface area (Å²) in [6.07, 6.45) is 3.41. The molecule has 0 saturated carbocycles. The number of nitrogens with two attached hydrogens (primary N) is 1. The van der Waals surface area contributed by atoms with Crippen molar-refractivity contribution in [3.05, 3.63) is 53.1 Å². The van der Waals surface area contributed by atoms with Crippen LogP contribution in [-0.4, -0.2) is 13.5 Å². The number of hydrogen-bond donors (Lipinski definition) is 3. The van der Waals surface area contributed by atoms with Crippen molar-refractivity contribution in [2.75, 3.05) is 10.6 Å². The zero-order valence-electron chi connectivity index (χ0n) is 15.3. The molecule has 0 heterocycles. The van der Waals surface area contributed by atoms with Crippen LogP contribution in [0.5, 0.6) is 0 Å². The van der Waals surface area contributed by atoms with Crippen molar-refractivity contribution in [2.24, 2.45) is 5.14 Å². The number of primary sulfonamides is 1. The van der Waals surface area contributed by atoms with E-state index in [0.717, 1.165) is 23.2 Å². The maximum atomic E-state index is 11.6. The first-order valence-corrected chi connectivity index (χ1v) is 10.5. The molecule has 5 nitrogen and oxygen atoms in total. The summed E-state index contributed by atoms with van der Waals surface area (Å²) in [7, 11) is -3.78. The predicted octanol–water partition coefficient (Wildman–Crippen LogP) is 4.10. The molecule has 2 aromatic rings. The fourth-order valence-electron chi connectivity index (χ4n) is 2.54. The summed E-state index contributed by atoms with van der Waals surface area (Å²) in [5.41, 5.74) is 4.52. The van der Waals surface area contributed by atoms with Gasteiger partial charge in [0.1, 0.15) is 0 Å². The average Bonchev–Trinajstić information content (AvgIpc) is 2.57. The molecule has 140 valence electrons. The largest absolute Gasteiger partial charge is 0.332 e. The lowest BCUT2D eigenvalue weighted by Crippen LogP contribution is -2.20. The van der Waals surface area contributed by atoms with Crippen LogP contribution in [0.4, 0.5) is 11.4 Å². The SMILES string of the molecule is CCCCc1ccc(NC(=S)Nc2cc(S(N)(=O)=O)cc(C)c2C)cc1. The summed E-state index contributed by atoms with van der Waals surface area (Å²) >= 11 is 5.36. The average molecular weight is 392 g/mol. The third-order valence-electron chi connectivity index (χ3n) is 4.25. The molecule has 0 unspecified atom stereocenters. The lowest BCUT2D eigenvalue weighted by molar-refractivity contribution is 0.597. The first-order valence-electron chi connectivity index (χ1n) is 8.51. The number of unbranched alkanes of at least 4 members (excludes halogenated alkanes) is 1. The number of nitrogens with one attached hydrogen (secondary N) is 2. The third-order valence-corrected chi connectivity index (χ3v) is 5.35. The Morgan fingerprint density at radius 3 is 2.35 bits per heavy atom. The number of rotatable bonds is 6. The molecule has 0 spiro atoms. The highest BCUT2D eigenvalue weighted by Crippen LogP contribution is 2.24. The Hall–Kier alpha value is -1.96. The number of thiocarbonyl (C=S) groups is 1. The summed E-state index contributed by atoms with van der Waals surface area (Å²) in [6.45, 7) is 5.91. The van der Waals surface area contributed by atoms with E-state index in [0.29, 0.717) is 10.8 Å². The van der Waals surface area contributed by atoms with E-state index >= 15 is 0 Å². The third kappa shape index (κ3) is 5.52. The summed E-state index contributed by atoms with van der Waals surface area (Å²) in [5, 5.41) is 11.8. The van der Waals surface area contributed by atoms with Crippen LogP contribution in [0.1, 0.15) is 36.5 Å². The standard InChI is InChI=1S/C19H25N3O2S2/c1-4-5-6-15-7-9-16(10-8-15)21-19(25)22-18-12-17(26(20,23)24)11-13(2)14(18)3/h7-12H,4-6H2,1-3H3,(H2,20,23,24)(H2,21,22,25). The number of aryl methyl sites for hydroxylation is 2. The van der Waals surface area contributed by atoms with Crippen LogP contribution in [0.25, 0.3) is 0 Å². The predicted molar refractivity (Wildman–Crippen MR) is 112 cm³/mol. The molecule has 2 aromatic carbocycles. The Kier molecular flexibility index (Phi) is 6.75. The highest BCUT2D eigenvalue weighted by Gasteiger charge is 2.13. The van der Waals surface area contributed by atoms with Crippen LogP contribution in [0, 0.1) is 13.8 Å². The molecule has 0 aromatic heterocycles. The highest BCUT2D eigenvalue weighted by atomic mass is 32.2. The summed E-state index contributed by atoms with van der Waals surface area (Å²) in [5.74, 6) is 0. The minimum Gasteiger partial charge on any atom is -0.332 e. The van der Waals surface area contributed by atoms with Crippen molar-refractivity contribution in [3.63, 3.8) is 0 Å². The first-order chi connectivity index (χ1) is 12.2. The van der Waals surface area contributed by atoms with Crippen molar-refractivity contribution in [3.8, 4) is 0 Å². The number of sulfonamides is 1. The molecular weight excluding hydrogens is 366 g/mol. The molecule has 0 radical (unpaired) electrons. The van der Waals surface area contributed by atoms with Gasteiger partial charge in [-0.1, -0.05) is 25.5 Å². The zero-order chi connectivity index (χ0) is 19.3. The van der Waals surface area contributed by atoms with Crippen LogP contribution in [0.15, 0.2) is 41.3 Å². The van der Waals surface area contributed by atoms with Crippen LogP contribution in [0.2, 0.25) is 0 Å². The van der Waals surface area contributed by atoms with E-state index in [2.05, 4.69) is 29.7 Å². The molecule has 0 amide bonds. The van der Waals surface area contributed by atoms with Gasteiger partial charge in [-0.05, 0) is 79.9 Å². The van der Waals surface area contributed by atoms with Gasteiger partial charge in [-0.25, -0.2) is 13.6 Å². The van der Waals surface area contributed by atoms with Gasteiger partial charge in [0.2, 0.25) is 10.0 Å². The minimum absolute atomic E-state index is 0.0613. The van der Waals surface area contributed by atoms with Gasteiger partial charge in [0, 0.05) is 11.4 Å². The second kappa shape index (κ2) is 8.62. The van der Waals surface area contributed by atoms with E-state index in [1.807, 2.05) is 26.0 Å². The van der Waals surface area contributed by atoms with Gasteiger partial charge in [-0.15, -0.1) is 0 Å². The fraction of sp³-hybridized carbons (Fsp3) is 0.316. The van der Waals surface area contributed by atoms with Crippen LogP contribution in [0.3, 0.4) is 0 Å². The second-order valence-corrected chi connectivity index (χ2v) is 8.31. The van der Waals surface area contributed by atoms with Crippen molar-refractivity contribution in [1.82, 2.24) is 0 Å². The van der Waals surface area contributed by atoms with E-state index in [9.17, 15) is 8.42 Å². The van der Waals surface area contributed by atoms with Crippen LogP contribution >= 0.6 is 12.2 Å². The smallest absolute Gasteiger partial charge is 0.238 e. The fourth-order valence-corrected chi connectivity index (χ4v) is 3.39. The Labute approximate surface area is 161 Å². The van der Waals surface area contributed by atoms with E-state index in [-0.39, 0.29) is 4.90 Å². The maximum Gasteiger partial charge on any atom is 0.238 e. The number of anilines is 2. The molecule has 0 bridgehead atoms. The number of hydrogen-bond acceptors (Lipinski definition) is 3. The molecule has 0 atom stereocenters. The van der Waals surface area contributed by atoms with E-state index in [1.54, 1.807) is 6.07 Å². The molecule has 2 rings (SSSR count). The molecule has 0 aliphatic rings. The maximum absolute atomic E-state index is 11.6. The van der Waals surface area contributed by atoms with Gasteiger partial charge in [0.05, 0.1) is 4.90 Å². The van der Waals surface area contributed by atoms with Gasteiger partial charge in [0.15, 0.2) is 5.11 Å². The molecule has 7 heteroatoms. The lowest BCUT2D eigenvalue weighted by atomic mass is 10.1. The van der Waals surface area contributed by atoms with Crippen LogP contribution < -0.4 is 15.8 Å². The zero-order valence-corrected chi connectivity index (χ0v) is 16.9. The molecule has 0 aliphatic carbocycles. The topological polar surface area (TPSA) is 84.2 Å². The van der Waals surface area contributed by atoms with Crippen molar-refractivity contribution in [1.29, 1.82) is 0 Å². The quantitative estimate of drug-likeness (QED) is 0.646. The van der Waals surface area contributed by atoms with Crippen molar-refractivity contribution >= 4 is 38.7 Å². The molecule has 4 N–H and O–H groups in total. The Morgan fingerprint density at radius 2 is 1.77 bits per heavy atom. The molecular formula is C19H25N3O2S2. The van der Waals surface area contributed by atoms with Gasteiger partial charge in [-0.3, -0.25) is 0 Å². The molecule has 26 heavy (non-hydrogen) atoms. The van der Waals surface area contributed by atoms with Gasteiger partial charge >= 0.3 is 0 Å². The second-order valence-electron chi connectivity index (χ2n) is 6.34. The molecule has 0 saturated heterocycles. The first kappa shape index (κ1) is 20.4. The van der Waals surface area contributed by atoms with Gasteiger partial charge in [-0.2, -0.15) is 0 Å². The molecule has 0 aliphatic heterocycles. The number of benzene rings is 2. The van der Waals surface area contributed by atoms with Crippen molar-refractivity contribution < 1.29 is 8.42 Å². The summed E-state index contributed by atoms with van der Waals surface area (Å²) in [6, 6.07) is 11.2. The Morgan fingerprint density at radius 1 is 1.12 bits per heavy atom. The van der Waals surface area contributed by atoms with Crippen LogP contribution in [-0.2, 0) is 16.4 Å². The van der Waals surface area contributed by atoms with E-state index in [4.69, 9.17) is 17.4 Å². The van der Waals surface area contributed by atoms with E-state index in [1.165, 1.54) is 24.5 Å². The van der Waals surface area contributed by atoms with Gasteiger partial charge in [0.25, 0.3) is 0 Å². The normalized spacial score (nSPS) is 11.2. The Bertz CT molecular complexity index is 892. The van der Waals surface area contributed by atoms with Gasteiger partial charge < -0.3 is 10.6 Å². The monoisotopic (exact) mass is 391 g/mol. The van der Waals surface area contributed by atoms with E-state index < -0.39 is 10.0 Å². The summed E-state index contributed by atoms with van der Waals surface area (Å²) < 4.78 is 23.3. The highest BCUT2D eigenvalue weighted by molar-refractivity contribution is 7.89. The lowest BCUT2D eigenvalue weighted by Gasteiger charge is -2.15.